The molecule has 1 unspecified atom stereocenters. The van der Waals surface area contributed by atoms with Crippen molar-refractivity contribution in [3.63, 3.8) is 0 Å². The summed E-state index contributed by atoms with van der Waals surface area (Å²) in [4.78, 5) is 16.0. The Kier molecular flexibility index (Phi) is 4.33. The van der Waals surface area contributed by atoms with Gasteiger partial charge in [-0.3, -0.25) is 15.1 Å². The molecule has 0 bridgehead atoms. The van der Waals surface area contributed by atoms with E-state index < -0.39 is 0 Å². The molecule has 1 atom stereocenters. The topological polar surface area (TPSA) is 72.0 Å². The van der Waals surface area contributed by atoms with Crippen molar-refractivity contribution in [1.29, 1.82) is 0 Å². The van der Waals surface area contributed by atoms with Crippen molar-refractivity contribution in [3.8, 4) is 0 Å². The molecule has 2 aliphatic heterocycles. The molecule has 6 heteroatoms. The third-order valence-electron chi connectivity index (χ3n) is 3.12. The molecule has 0 aromatic rings. The minimum absolute atomic E-state index is 0.0214. The van der Waals surface area contributed by atoms with E-state index in [1.807, 2.05) is 0 Å². The van der Waals surface area contributed by atoms with Gasteiger partial charge in [-0.1, -0.05) is 0 Å². The number of guanidine groups is 1. The van der Waals surface area contributed by atoms with Gasteiger partial charge in [0, 0.05) is 20.3 Å². The van der Waals surface area contributed by atoms with Crippen LogP contribution in [-0.2, 0) is 14.3 Å². The largest absolute Gasteiger partial charge is 0.383 e. The van der Waals surface area contributed by atoms with Crippen molar-refractivity contribution >= 4 is 11.9 Å². The molecule has 2 saturated heterocycles. The van der Waals surface area contributed by atoms with Crippen molar-refractivity contribution in [1.82, 2.24) is 10.6 Å². The van der Waals surface area contributed by atoms with E-state index in [2.05, 4.69) is 15.6 Å². The van der Waals surface area contributed by atoms with E-state index in [0.717, 1.165) is 26.1 Å². The van der Waals surface area contributed by atoms with Gasteiger partial charge in [0.15, 0.2) is 5.96 Å². The predicted octanol–water partition coefficient (Wildman–Crippen LogP) is -0.497. The van der Waals surface area contributed by atoms with Gasteiger partial charge in [0.25, 0.3) is 0 Å². The lowest BCUT2D eigenvalue weighted by Gasteiger charge is -2.25. The van der Waals surface area contributed by atoms with Gasteiger partial charge in [-0.05, 0) is 18.8 Å². The van der Waals surface area contributed by atoms with Gasteiger partial charge in [-0.15, -0.1) is 0 Å². The number of hydrogen-bond acceptors (Lipinski definition) is 4. The van der Waals surface area contributed by atoms with Crippen LogP contribution in [0.5, 0.6) is 0 Å². The van der Waals surface area contributed by atoms with Gasteiger partial charge in [0.05, 0.1) is 13.2 Å². The minimum atomic E-state index is -0.153. The van der Waals surface area contributed by atoms with Gasteiger partial charge in [0.1, 0.15) is 6.04 Å². The Labute approximate surface area is 101 Å². The zero-order chi connectivity index (χ0) is 12.1. The zero-order valence-electron chi connectivity index (χ0n) is 10.1. The molecule has 2 fully saturated rings. The van der Waals surface area contributed by atoms with Crippen molar-refractivity contribution in [2.24, 2.45) is 10.9 Å². The van der Waals surface area contributed by atoms with Crippen LogP contribution < -0.4 is 10.6 Å². The first-order chi connectivity index (χ1) is 8.31. The molecule has 0 spiro atoms. The summed E-state index contributed by atoms with van der Waals surface area (Å²) in [5, 5.41) is 5.91. The molecule has 2 rings (SSSR count). The van der Waals surface area contributed by atoms with Crippen LogP contribution in [0.15, 0.2) is 4.99 Å². The normalized spacial score (nSPS) is 28.2. The smallest absolute Gasteiger partial charge is 0.249 e. The van der Waals surface area contributed by atoms with Gasteiger partial charge in [0.2, 0.25) is 5.91 Å². The Balaban J connectivity index is 1.88. The van der Waals surface area contributed by atoms with Gasteiger partial charge < -0.3 is 14.8 Å². The van der Waals surface area contributed by atoms with Crippen LogP contribution in [0.4, 0.5) is 0 Å². The summed E-state index contributed by atoms with van der Waals surface area (Å²) >= 11 is 0. The highest BCUT2D eigenvalue weighted by atomic mass is 16.5. The van der Waals surface area contributed by atoms with Crippen LogP contribution in [0.3, 0.4) is 0 Å². The number of nitrogens with one attached hydrogen (secondary N) is 2. The van der Waals surface area contributed by atoms with E-state index in [0.29, 0.717) is 25.0 Å². The summed E-state index contributed by atoms with van der Waals surface area (Å²) in [7, 11) is 1.63. The van der Waals surface area contributed by atoms with E-state index in [1.54, 1.807) is 7.11 Å². The molecule has 0 aromatic carbocycles. The Morgan fingerprint density at radius 3 is 2.94 bits per heavy atom. The van der Waals surface area contributed by atoms with E-state index in [-0.39, 0.29) is 11.9 Å². The molecule has 0 aliphatic carbocycles. The van der Waals surface area contributed by atoms with Crippen LogP contribution in [-0.4, -0.2) is 51.4 Å². The highest BCUT2D eigenvalue weighted by Crippen LogP contribution is 2.20. The average molecular weight is 241 g/mol. The Morgan fingerprint density at radius 1 is 1.47 bits per heavy atom. The maximum absolute atomic E-state index is 11.8. The number of rotatable bonds is 4. The number of aliphatic imine (C=N–C) groups is 1. The molecule has 1 amide bonds. The second-order valence-electron chi connectivity index (χ2n) is 4.28. The lowest BCUT2D eigenvalue weighted by atomic mass is 9.92. The standard InChI is InChI=1S/C11H19N3O3/c1-16-7-4-12-11-13-9(10(15)14-11)8-2-5-17-6-3-8/h8-9H,2-7H2,1H3,(H2,12,13,14,15). The fraction of sp³-hybridized carbons (Fsp3) is 0.818. The highest BCUT2D eigenvalue weighted by Gasteiger charge is 2.35. The molecule has 2 aliphatic rings. The number of methoxy groups -OCH3 is 1. The summed E-state index contributed by atoms with van der Waals surface area (Å²) < 4.78 is 10.2. The molecule has 0 radical (unpaired) electrons. The minimum Gasteiger partial charge on any atom is -0.383 e. The first-order valence-corrected chi connectivity index (χ1v) is 6.00. The van der Waals surface area contributed by atoms with E-state index in [1.165, 1.54) is 0 Å². The third-order valence-corrected chi connectivity index (χ3v) is 3.12. The molecule has 17 heavy (non-hydrogen) atoms. The third kappa shape index (κ3) is 3.17. The molecule has 6 nitrogen and oxygen atoms in total. The van der Waals surface area contributed by atoms with Gasteiger partial charge in [-0.25, -0.2) is 0 Å². The van der Waals surface area contributed by atoms with Crippen molar-refractivity contribution < 1.29 is 14.3 Å². The fourth-order valence-electron chi connectivity index (χ4n) is 2.16. The number of carbonyl (C=O) groups is 1. The van der Waals surface area contributed by atoms with Gasteiger partial charge >= 0.3 is 0 Å². The lowest BCUT2D eigenvalue weighted by molar-refractivity contribution is -0.122. The van der Waals surface area contributed by atoms with Gasteiger partial charge in [-0.2, -0.15) is 0 Å². The quantitative estimate of drug-likeness (QED) is 0.651. The summed E-state index contributed by atoms with van der Waals surface area (Å²) in [6.45, 7) is 2.60. The van der Waals surface area contributed by atoms with Crippen molar-refractivity contribution in [2.75, 3.05) is 33.5 Å². The summed E-state index contributed by atoms with van der Waals surface area (Å²) in [6.07, 6.45) is 1.85. The molecule has 0 saturated carbocycles. The van der Waals surface area contributed by atoms with Crippen molar-refractivity contribution in [2.45, 2.75) is 18.9 Å². The Bertz CT molecular complexity index is 300. The van der Waals surface area contributed by atoms with Crippen LogP contribution >= 0.6 is 0 Å². The first kappa shape index (κ1) is 12.3. The van der Waals surface area contributed by atoms with Crippen molar-refractivity contribution in [3.05, 3.63) is 0 Å². The maximum atomic E-state index is 11.8. The highest BCUT2D eigenvalue weighted by molar-refractivity contribution is 6.06. The van der Waals surface area contributed by atoms with E-state index >= 15 is 0 Å². The number of amides is 1. The van der Waals surface area contributed by atoms with E-state index in [9.17, 15) is 4.79 Å². The Morgan fingerprint density at radius 2 is 2.24 bits per heavy atom. The second-order valence-corrected chi connectivity index (χ2v) is 4.28. The molecule has 96 valence electrons. The van der Waals surface area contributed by atoms with Crippen LogP contribution in [0.1, 0.15) is 12.8 Å². The van der Waals surface area contributed by atoms with E-state index in [4.69, 9.17) is 9.47 Å². The number of ether oxygens (including phenoxy) is 2. The second kappa shape index (κ2) is 5.97. The average Bonchev–Trinajstić information content (AvgIpc) is 2.72. The summed E-state index contributed by atoms with van der Waals surface area (Å²) in [5.41, 5.74) is 0. The lowest BCUT2D eigenvalue weighted by Crippen LogP contribution is -2.39. The molecule has 2 N–H and O–H groups in total. The molecule has 0 aromatic heterocycles. The maximum Gasteiger partial charge on any atom is 0.249 e. The molecule has 2 heterocycles. The Hall–Kier alpha value is -1.14. The fourth-order valence-corrected chi connectivity index (χ4v) is 2.16. The summed E-state index contributed by atoms with van der Waals surface area (Å²) in [5.74, 6) is 0.940. The number of carbonyl (C=O) groups excluding carboxylic acids is 1. The zero-order valence-corrected chi connectivity index (χ0v) is 10.1. The van der Waals surface area contributed by atoms with Crippen LogP contribution in [0.25, 0.3) is 0 Å². The predicted molar refractivity (Wildman–Crippen MR) is 62.8 cm³/mol. The molecular weight excluding hydrogens is 222 g/mol. The molecular formula is C11H19N3O3. The SMILES string of the molecule is COCCN=C1NC(=O)C(C2CCOCC2)N1. The summed E-state index contributed by atoms with van der Waals surface area (Å²) in [6, 6.07) is -0.153. The monoisotopic (exact) mass is 241 g/mol. The van der Waals surface area contributed by atoms with Crippen LogP contribution in [0, 0.1) is 5.92 Å². The van der Waals surface area contributed by atoms with Crippen LogP contribution in [0.2, 0.25) is 0 Å². The number of nitrogens with zero attached hydrogens (tertiary/aromatic N) is 1. The first-order valence-electron chi connectivity index (χ1n) is 6.00. The number of hydrogen-bond donors (Lipinski definition) is 2.